The van der Waals surface area contributed by atoms with Crippen LogP contribution in [0.1, 0.15) is 105 Å². The third kappa shape index (κ3) is 10.0. The van der Waals surface area contributed by atoms with Crippen LogP contribution in [0.25, 0.3) is 0 Å². The summed E-state index contributed by atoms with van der Waals surface area (Å²) in [5, 5.41) is 0. The van der Waals surface area contributed by atoms with Crippen molar-refractivity contribution in [1.29, 1.82) is 0 Å². The third-order valence-corrected chi connectivity index (χ3v) is 5.60. The first-order chi connectivity index (χ1) is 11.3. The molecule has 0 aromatic carbocycles. The van der Waals surface area contributed by atoms with E-state index in [1.165, 1.54) is 44.9 Å². The highest BCUT2D eigenvalue weighted by molar-refractivity contribution is 4.97. The zero-order chi connectivity index (χ0) is 18.6. The second-order valence-corrected chi connectivity index (χ2v) is 8.59. The molecule has 0 amide bonds. The van der Waals surface area contributed by atoms with E-state index in [1.807, 2.05) is 0 Å². The number of hydrogen-bond acceptors (Lipinski definition) is 3. The number of hydrogen-bond donors (Lipinski definition) is 3. The van der Waals surface area contributed by atoms with Crippen molar-refractivity contribution in [3.63, 3.8) is 0 Å². The highest BCUT2D eigenvalue weighted by atomic mass is 14.9. The molecule has 6 N–H and O–H groups in total. The van der Waals surface area contributed by atoms with Gasteiger partial charge in [0.2, 0.25) is 0 Å². The maximum atomic E-state index is 6.93. The quantitative estimate of drug-likeness (QED) is 0.368. The van der Waals surface area contributed by atoms with Crippen molar-refractivity contribution in [2.24, 2.45) is 29.0 Å². The first-order valence-electron chi connectivity index (χ1n) is 10.6. The number of unbranched alkanes of at least 4 members (excludes halogenated alkanes) is 4. The molecule has 4 unspecified atom stereocenters. The normalized spacial score (nSPS) is 18.4. The van der Waals surface area contributed by atoms with E-state index in [9.17, 15) is 0 Å². The highest BCUT2D eigenvalue weighted by Crippen LogP contribution is 2.30. The molecule has 0 spiro atoms. The van der Waals surface area contributed by atoms with Crippen LogP contribution in [0.5, 0.6) is 0 Å². The standard InChI is InChI=1S/C21H47N3/c1-6-8-10-12-19(18(5)22)16-21(24,15-11-9-7-2)20(23)14-13-17(3)4/h17-20H,6-16,22-24H2,1-5H3. The van der Waals surface area contributed by atoms with E-state index in [1.54, 1.807) is 0 Å². The molecule has 0 fully saturated rings. The average Bonchev–Trinajstić information content (AvgIpc) is 2.51. The van der Waals surface area contributed by atoms with Gasteiger partial charge in [0.1, 0.15) is 0 Å². The van der Waals surface area contributed by atoms with Crippen molar-refractivity contribution in [2.75, 3.05) is 0 Å². The molecule has 0 aromatic heterocycles. The fourth-order valence-electron chi connectivity index (χ4n) is 3.64. The molecular weight excluding hydrogens is 294 g/mol. The van der Waals surface area contributed by atoms with Crippen LogP contribution in [-0.4, -0.2) is 17.6 Å². The highest BCUT2D eigenvalue weighted by Gasteiger charge is 2.35. The molecular formula is C21H47N3. The maximum Gasteiger partial charge on any atom is 0.0311 e. The molecule has 3 nitrogen and oxygen atoms in total. The summed E-state index contributed by atoms with van der Waals surface area (Å²) in [5.41, 5.74) is 19.6. The topological polar surface area (TPSA) is 78.1 Å². The fraction of sp³-hybridized carbons (Fsp3) is 1.00. The molecule has 0 radical (unpaired) electrons. The van der Waals surface area contributed by atoms with E-state index in [4.69, 9.17) is 17.2 Å². The van der Waals surface area contributed by atoms with Crippen LogP contribution in [0, 0.1) is 11.8 Å². The van der Waals surface area contributed by atoms with E-state index in [-0.39, 0.29) is 17.6 Å². The largest absolute Gasteiger partial charge is 0.328 e. The van der Waals surface area contributed by atoms with Crippen LogP contribution in [0.4, 0.5) is 0 Å². The van der Waals surface area contributed by atoms with Gasteiger partial charge in [-0.2, -0.15) is 0 Å². The Morgan fingerprint density at radius 1 is 0.792 bits per heavy atom. The van der Waals surface area contributed by atoms with Gasteiger partial charge in [0.25, 0.3) is 0 Å². The molecule has 0 aliphatic heterocycles. The lowest BCUT2D eigenvalue weighted by Gasteiger charge is -2.40. The van der Waals surface area contributed by atoms with Crippen molar-refractivity contribution in [1.82, 2.24) is 0 Å². The van der Waals surface area contributed by atoms with Crippen LogP contribution in [0.3, 0.4) is 0 Å². The smallest absolute Gasteiger partial charge is 0.0311 e. The lowest BCUT2D eigenvalue weighted by atomic mass is 9.74. The van der Waals surface area contributed by atoms with Crippen molar-refractivity contribution >= 4 is 0 Å². The van der Waals surface area contributed by atoms with Gasteiger partial charge in [-0.25, -0.2) is 0 Å². The molecule has 4 atom stereocenters. The molecule has 0 rings (SSSR count). The Morgan fingerprint density at radius 3 is 1.88 bits per heavy atom. The SMILES string of the molecule is CCCCCC(CC(N)(CCCCC)C(N)CCC(C)C)C(C)N. The lowest BCUT2D eigenvalue weighted by Crippen LogP contribution is -2.57. The van der Waals surface area contributed by atoms with Gasteiger partial charge in [-0.1, -0.05) is 66.2 Å². The molecule has 0 aliphatic carbocycles. The Balaban J connectivity index is 4.90. The summed E-state index contributed by atoms with van der Waals surface area (Å²) in [5.74, 6) is 1.18. The van der Waals surface area contributed by atoms with E-state index in [0.717, 1.165) is 25.7 Å². The van der Waals surface area contributed by atoms with Crippen molar-refractivity contribution in [3.8, 4) is 0 Å². The van der Waals surface area contributed by atoms with Crippen LogP contribution in [0.2, 0.25) is 0 Å². The van der Waals surface area contributed by atoms with Gasteiger partial charge >= 0.3 is 0 Å². The average molecular weight is 342 g/mol. The van der Waals surface area contributed by atoms with Crippen molar-refractivity contribution in [3.05, 3.63) is 0 Å². The molecule has 0 aromatic rings. The first-order valence-corrected chi connectivity index (χ1v) is 10.6. The summed E-state index contributed by atoms with van der Waals surface area (Å²) in [6.45, 7) is 11.2. The Hall–Kier alpha value is -0.120. The summed E-state index contributed by atoms with van der Waals surface area (Å²) in [4.78, 5) is 0. The summed E-state index contributed by atoms with van der Waals surface area (Å²) < 4.78 is 0. The number of rotatable bonds is 15. The molecule has 0 bridgehead atoms. The Bertz CT molecular complexity index is 291. The molecule has 3 heteroatoms. The van der Waals surface area contributed by atoms with Crippen LogP contribution >= 0.6 is 0 Å². The Morgan fingerprint density at radius 2 is 1.38 bits per heavy atom. The zero-order valence-corrected chi connectivity index (χ0v) is 17.3. The molecule has 0 aliphatic rings. The van der Waals surface area contributed by atoms with Crippen LogP contribution < -0.4 is 17.2 Å². The minimum absolute atomic E-state index is 0.0872. The van der Waals surface area contributed by atoms with Gasteiger partial charge in [-0.05, 0) is 50.9 Å². The summed E-state index contributed by atoms with van der Waals surface area (Å²) in [7, 11) is 0. The van der Waals surface area contributed by atoms with Crippen molar-refractivity contribution < 1.29 is 0 Å². The van der Waals surface area contributed by atoms with Crippen molar-refractivity contribution in [2.45, 2.75) is 123 Å². The van der Waals surface area contributed by atoms with Gasteiger partial charge < -0.3 is 17.2 Å². The van der Waals surface area contributed by atoms with Gasteiger partial charge in [0, 0.05) is 17.6 Å². The molecule has 0 saturated carbocycles. The molecule has 0 saturated heterocycles. The van der Waals surface area contributed by atoms with Gasteiger partial charge in [0.05, 0.1) is 0 Å². The lowest BCUT2D eigenvalue weighted by molar-refractivity contribution is 0.208. The van der Waals surface area contributed by atoms with Crippen LogP contribution in [0.15, 0.2) is 0 Å². The predicted octanol–water partition coefficient (Wildman–Crippen LogP) is 4.96. The van der Waals surface area contributed by atoms with E-state index >= 15 is 0 Å². The van der Waals surface area contributed by atoms with Gasteiger partial charge in [0.15, 0.2) is 0 Å². The van der Waals surface area contributed by atoms with E-state index in [0.29, 0.717) is 11.8 Å². The number of nitrogens with two attached hydrogens (primary N) is 3. The minimum atomic E-state index is -0.255. The fourth-order valence-corrected chi connectivity index (χ4v) is 3.64. The summed E-state index contributed by atoms with van der Waals surface area (Å²) in [6.07, 6.45) is 12.9. The van der Waals surface area contributed by atoms with Crippen LogP contribution in [-0.2, 0) is 0 Å². The summed E-state index contributed by atoms with van der Waals surface area (Å²) >= 11 is 0. The van der Waals surface area contributed by atoms with Gasteiger partial charge in [-0.3, -0.25) is 0 Å². The second kappa shape index (κ2) is 13.1. The first kappa shape index (κ1) is 23.9. The maximum absolute atomic E-state index is 6.93. The zero-order valence-electron chi connectivity index (χ0n) is 17.3. The molecule has 146 valence electrons. The molecule has 24 heavy (non-hydrogen) atoms. The summed E-state index contributed by atoms with van der Waals surface area (Å²) in [6, 6.07) is 0.289. The van der Waals surface area contributed by atoms with E-state index < -0.39 is 0 Å². The minimum Gasteiger partial charge on any atom is -0.328 e. The van der Waals surface area contributed by atoms with E-state index in [2.05, 4.69) is 34.6 Å². The molecule has 0 heterocycles. The Labute approximate surface area is 152 Å². The Kier molecular flexibility index (Phi) is 13.1. The van der Waals surface area contributed by atoms with Gasteiger partial charge in [-0.15, -0.1) is 0 Å². The third-order valence-electron chi connectivity index (χ3n) is 5.60. The monoisotopic (exact) mass is 341 g/mol. The predicted molar refractivity (Wildman–Crippen MR) is 109 cm³/mol. The second-order valence-electron chi connectivity index (χ2n) is 8.59.